The van der Waals surface area contributed by atoms with Gasteiger partial charge in [-0.15, -0.1) is 0 Å². The molecule has 16 heteroatoms. The van der Waals surface area contributed by atoms with E-state index in [-0.39, 0.29) is 44.2 Å². The molecule has 1 aliphatic rings. The number of methoxy groups -OCH3 is 2. The molecule has 0 bridgehead atoms. The Morgan fingerprint density at radius 1 is 0.694 bits per heavy atom. The Balaban J connectivity index is 1.76. The minimum Gasteiger partial charge on any atom is -0.481 e. The molecule has 1 aliphatic heterocycles. The van der Waals surface area contributed by atoms with Crippen molar-refractivity contribution in [1.29, 1.82) is 0 Å². The number of rotatable bonds is 31. The quantitative estimate of drug-likeness (QED) is 0.0693. The molecule has 0 aromatic heterocycles. The predicted molar refractivity (Wildman–Crippen MR) is 236 cm³/mol. The van der Waals surface area contributed by atoms with Crippen LogP contribution in [0.5, 0.6) is 0 Å². The van der Waals surface area contributed by atoms with E-state index in [0.717, 1.165) is 17.5 Å². The number of nitrogens with two attached hydrogens (primary N) is 1. The lowest BCUT2D eigenvalue weighted by Crippen LogP contribution is -2.59. The SMILES string of the molecule is COCCOCCN(CCCC[C@@H](NC(=O)[C@@H](CC(C)C)NC(=O)[C@@H](Cc1ccccc1)NC(=O)[C@H](N)Cc1ccccc1)C(=O)N1CCC(C(=O)O)CC1)CCOCCOC. The van der Waals surface area contributed by atoms with Crippen LogP contribution >= 0.6 is 0 Å². The van der Waals surface area contributed by atoms with Gasteiger partial charge in [-0.2, -0.15) is 0 Å². The van der Waals surface area contributed by atoms with Gasteiger partial charge in [-0.1, -0.05) is 74.5 Å². The number of carbonyl (C=O) groups excluding carboxylic acids is 4. The number of carbonyl (C=O) groups is 5. The molecule has 0 radical (unpaired) electrons. The summed E-state index contributed by atoms with van der Waals surface area (Å²) in [5.41, 5.74) is 8.01. The first-order chi connectivity index (χ1) is 29.9. The summed E-state index contributed by atoms with van der Waals surface area (Å²) < 4.78 is 21.6. The van der Waals surface area contributed by atoms with Gasteiger partial charge in [-0.05, 0) is 68.5 Å². The van der Waals surface area contributed by atoms with Gasteiger partial charge in [0.05, 0.1) is 51.6 Å². The van der Waals surface area contributed by atoms with Crippen molar-refractivity contribution >= 4 is 29.6 Å². The lowest BCUT2D eigenvalue weighted by Gasteiger charge is -2.34. The summed E-state index contributed by atoms with van der Waals surface area (Å²) in [7, 11) is 3.25. The van der Waals surface area contributed by atoms with Crippen LogP contribution in [0.2, 0.25) is 0 Å². The Morgan fingerprint density at radius 3 is 1.74 bits per heavy atom. The number of amides is 4. The predicted octanol–water partition coefficient (Wildman–Crippen LogP) is 2.42. The van der Waals surface area contributed by atoms with E-state index in [4.69, 9.17) is 24.7 Å². The van der Waals surface area contributed by atoms with Crippen molar-refractivity contribution in [2.24, 2.45) is 17.6 Å². The van der Waals surface area contributed by atoms with Crippen molar-refractivity contribution in [1.82, 2.24) is 25.8 Å². The first kappa shape index (κ1) is 51.9. The highest BCUT2D eigenvalue weighted by molar-refractivity contribution is 5.95. The summed E-state index contributed by atoms with van der Waals surface area (Å²) in [6.07, 6.45) is 3.01. The number of aliphatic carboxylic acids is 1. The van der Waals surface area contributed by atoms with Crippen molar-refractivity contribution in [3.63, 3.8) is 0 Å². The molecule has 1 saturated heterocycles. The van der Waals surface area contributed by atoms with Gasteiger partial charge in [0.25, 0.3) is 0 Å². The van der Waals surface area contributed by atoms with E-state index in [9.17, 15) is 29.1 Å². The van der Waals surface area contributed by atoms with E-state index in [1.54, 1.807) is 19.1 Å². The van der Waals surface area contributed by atoms with Crippen molar-refractivity contribution in [2.75, 3.05) is 86.6 Å². The average Bonchev–Trinajstić information content (AvgIpc) is 3.26. The molecule has 62 heavy (non-hydrogen) atoms. The van der Waals surface area contributed by atoms with Crippen LogP contribution < -0.4 is 21.7 Å². The summed E-state index contributed by atoms with van der Waals surface area (Å²) in [5.74, 6) is -3.27. The third-order valence-electron chi connectivity index (χ3n) is 10.8. The molecular weight excluding hydrogens is 797 g/mol. The fraction of sp³-hybridized carbons (Fsp3) is 0.630. The monoisotopic (exact) mass is 869 g/mol. The topological polar surface area (TPSA) is 211 Å². The largest absolute Gasteiger partial charge is 0.481 e. The Morgan fingerprint density at radius 2 is 1.21 bits per heavy atom. The number of piperidine rings is 1. The summed E-state index contributed by atoms with van der Waals surface area (Å²) in [6, 6.07) is 14.8. The maximum atomic E-state index is 14.3. The number of nitrogens with one attached hydrogen (secondary N) is 3. The highest BCUT2D eigenvalue weighted by atomic mass is 16.5. The Bertz CT molecular complexity index is 1580. The zero-order chi connectivity index (χ0) is 45.1. The van der Waals surface area contributed by atoms with Crippen LogP contribution in [-0.2, 0) is 55.8 Å². The van der Waals surface area contributed by atoms with E-state index in [2.05, 4.69) is 20.9 Å². The molecule has 4 atom stereocenters. The number of likely N-dealkylation sites (tertiary alicyclic amines) is 1. The molecule has 2 aromatic rings. The van der Waals surface area contributed by atoms with Crippen LogP contribution in [-0.4, -0.2) is 155 Å². The molecule has 346 valence electrons. The number of nitrogens with zero attached hydrogens (tertiary/aromatic N) is 2. The maximum absolute atomic E-state index is 14.3. The smallest absolute Gasteiger partial charge is 0.306 e. The summed E-state index contributed by atoms with van der Waals surface area (Å²) in [5, 5.41) is 18.3. The zero-order valence-electron chi connectivity index (χ0n) is 37.3. The molecular formula is C46H72N6O10. The zero-order valence-corrected chi connectivity index (χ0v) is 37.3. The van der Waals surface area contributed by atoms with Crippen molar-refractivity contribution < 1.29 is 48.0 Å². The van der Waals surface area contributed by atoms with Crippen LogP contribution in [0, 0.1) is 11.8 Å². The third-order valence-corrected chi connectivity index (χ3v) is 10.8. The highest BCUT2D eigenvalue weighted by Gasteiger charge is 2.34. The summed E-state index contributed by atoms with van der Waals surface area (Å²) in [6.45, 7) is 9.49. The highest BCUT2D eigenvalue weighted by Crippen LogP contribution is 2.20. The lowest BCUT2D eigenvalue weighted by atomic mass is 9.96. The minimum absolute atomic E-state index is 0.0142. The van der Waals surface area contributed by atoms with E-state index >= 15 is 0 Å². The second-order valence-electron chi connectivity index (χ2n) is 16.3. The van der Waals surface area contributed by atoms with Crippen LogP contribution in [0.3, 0.4) is 0 Å². The molecule has 6 N–H and O–H groups in total. The summed E-state index contributed by atoms with van der Waals surface area (Å²) in [4.78, 5) is 71.5. The normalized spacial score (nSPS) is 15.2. The van der Waals surface area contributed by atoms with Gasteiger partial charge in [0.15, 0.2) is 0 Å². The van der Waals surface area contributed by atoms with Crippen LogP contribution in [0.25, 0.3) is 0 Å². The second-order valence-corrected chi connectivity index (χ2v) is 16.3. The summed E-state index contributed by atoms with van der Waals surface area (Å²) >= 11 is 0. The van der Waals surface area contributed by atoms with Crippen LogP contribution in [0.4, 0.5) is 0 Å². The number of ether oxygens (including phenoxy) is 4. The molecule has 2 aromatic carbocycles. The van der Waals surface area contributed by atoms with Gasteiger partial charge >= 0.3 is 5.97 Å². The molecule has 1 heterocycles. The van der Waals surface area contributed by atoms with Crippen molar-refractivity contribution in [2.45, 2.75) is 89.4 Å². The first-order valence-corrected chi connectivity index (χ1v) is 22.0. The van der Waals surface area contributed by atoms with E-state index < -0.39 is 53.8 Å². The second kappa shape index (κ2) is 29.8. The minimum atomic E-state index is -1.04. The molecule has 3 rings (SSSR count). The fourth-order valence-corrected chi connectivity index (χ4v) is 7.27. The van der Waals surface area contributed by atoms with E-state index in [1.165, 1.54) is 0 Å². The molecule has 0 saturated carbocycles. The third kappa shape index (κ3) is 20.2. The number of unbranched alkanes of at least 4 members (excludes halogenated alkanes) is 1. The molecule has 16 nitrogen and oxygen atoms in total. The van der Waals surface area contributed by atoms with E-state index in [1.807, 2.05) is 74.5 Å². The number of hydrogen-bond donors (Lipinski definition) is 5. The van der Waals surface area contributed by atoms with Crippen molar-refractivity contribution in [3.05, 3.63) is 71.8 Å². The van der Waals surface area contributed by atoms with Gasteiger partial charge in [0.1, 0.15) is 18.1 Å². The number of benzene rings is 2. The molecule has 4 amide bonds. The number of hydrogen-bond acceptors (Lipinski definition) is 11. The molecule has 0 spiro atoms. The maximum Gasteiger partial charge on any atom is 0.306 e. The van der Waals surface area contributed by atoms with Gasteiger partial charge in [0.2, 0.25) is 23.6 Å². The van der Waals surface area contributed by atoms with Crippen LogP contribution in [0.15, 0.2) is 60.7 Å². The average molecular weight is 869 g/mol. The van der Waals surface area contributed by atoms with Crippen LogP contribution in [0.1, 0.15) is 63.5 Å². The Labute approximate surface area is 367 Å². The number of carboxylic acids is 1. The molecule has 0 unspecified atom stereocenters. The lowest BCUT2D eigenvalue weighted by molar-refractivity contribution is -0.146. The standard InChI is InChI=1S/C46H72N6O10/c1-34(2)31-40(50-44(55)41(33-36-15-9-6-10-16-36)49-42(53)38(47)32-35-13-7-5-8-14-35)43(54)48-39(45(56)52-21-18-37(19-22-52)46(57)58)17-11-12-20-51(23-25-61-29-27-59-3)24-26-62-30-28-60-4/h5-10,13-16,34,37-41H,11-12,17-33,47H2,1-4H3,(H,48,54)(H,49,53)(H,50,55)(H,57,58)/t38-,39-,40-,41-/m1/s1. The number of carboxylic acid groups (broad SMARTS) is 1. The van der Waals surface area contributed by atoms with E-state index in [0.29, 0.717) is 85.0 Å². The Hall–Kier alpha value is -4.45. The Kier molecular flexibility index (Phi) is 24.9. The molecule has 1 fully saturated rings. The first-order valence-electron chi connectivity index (χ1n) is 22.0. The van der Waals surface area contributed by atoms with Crippen molar-refractivity contribution in [3.8, 4) is 0 Å². The van der Waals surface area contributed by atoms with Gasteiger partial charge in [-0.3, -0.25) is 28.9 Å². The van der Waals surface area contributed by atoms with Gasteiger partial charge < -0.3 is 50.6 Å². The fourth-order valence-electron chi connectivity index (χ4n) is 7.27. The van der Waals surface area contributed by atoms with Gasteiger partial charge in [-0.25, -0.2) is 0 Å². The van der Waals surface area contributed by atoms with Gasteiger partial charge in [0, 0.05) is 46.8 Å². The molecule has 0 aliphatic carbocycles.